The minimum Gasteiger partial charge on any atom is -0.330 e. The van der Waals surface area contributed by atoms with Crippen LogP contribution in [0.2, 0.25) is 0 Å². The summed E-state index contributed by atoms with van der Waals surface area (Å²) in [6, 6.07) is 6.56. The Hall–Kier alpha value is -0.340. The van der Waals surface area contributed by atoms with Gasteiger partial charge >= 0.3 is 0 Å². The third-order valence-electron chi connectivity index (χ3n) is 3.87. The predicted molar refractivity (Wildman–Crippen MR) is 67.9 cm³/mol. The van der Waals surface area contributed by atoms with Gasteiger partial charge in [-0.3, -0.25) is 0 Å². The third kappa shape index (κ3) is 1.74. The molecule has 0 amide bonds. The molecule has 1 aromatic carbocycles. The molecule has 2 unspecified atom stereocenters. The van der Waals surface area contributed by atoms with Crippen LogP contribution in [0.4, 0.5) is 0 Å². The van der Waals surface area contributed by atoms with Crippen LogP contribution < -0.4 is 5.73 Å². The highest BCUT2D eigenvalue weighted by Crippen LogP contribution is 2.64. The standard InChI is InChI=1S/C13H18BrN/c1-8-6-9(14)4-5-10(8)12-11(7-15)13(12,2)3/h4-6,11-12H,7,15H2,1-3H3. The van der Waals surface area contributed by atoms with Crippen LogP contribution in [0.5, 0.6) is 0 Å². The molecule has 1 aliphatic rings. The largest absolute Gasteiger partial charge is 0.330 e. The average molecular weight is 268 g/mol. The average Bonchev–Trinajstić information content (AvgIpc) is 2.68. The third-order valence-corrected chi connectivity index (χ3v) is 4.36. The summed E-state index contributed by atoms with van der Waals surface area (Å²) in [7, 11) is 0. The van der Waals surface area contributed by atoms with Gasteiger partial charge in [0.05, 0.1) is 0 Å². The van der Waals surface area contributed by atoms with Crippen molar-refractivity contribution in [3.63, 3.8) is 0 Å². The van der Waals surface area contributed by atoms with Gasteiger partial charge in [0.15, 0.2) is 0 Å². The fraction of sp³-hybridized carbons (Fsp3) is 0.538. The minimum absolute atomic E-state index is 0.382. The van der Waals surface area contributed by atoms with Crippen LogP contribution in [0.1, 0.15) is 30.9 Å². The number of hydrogen-bond acceptors (Lipinski definition) is 1. The molecule has 0 aliphatic heterocycles. The second-order valence-electron chi connectivity index (χ2n) is 5.14. The Morgan fingerprint density at radius 2 is 2.07 bits per heavy atom. The highest BCUT2D eigenvalue weighted by atomic mass is 79.9. The number of rotatable bonds is 2. The lowest BCUT2D eigenvalue weighted by molar-refractivity contribution is 0.558. The van der Waals surface area contributed by atoms with Gasteiger partial charge in [0.2, 0.25) is 0 Å². The molecule has 82 valence electrons. The number of aryl methyl sites for hydroxylation is 1. The van der Waals surface area contributed by atoms with Crippen molar-refractivity contribution < 1.29 is 0 Å². The molecular weight excluding hydrogens is 250 g/mol. The van der Waals surface area contributed by atoms with Crippen molar-refractivity contribution >= 4 is 15.9 Å². The molecule has 0 bridgehead atoms. The van der Waals surface area contributed by atoms with Gasteiger partial charge in [-0.15, -0.1) is 0 Å². The Bertz CT molecular complexity index is 384. The van der Waals surface area contributed by atoms with Gasteiger partial charge in [-0.1, -0.05) is 35.8 Å². The summed E-state index contributed by atoms with van der Waals surface area (Å²) >= 11 is 3.50. The molecule has 1 saturated carbocycles. The second kappa shape index (κ2) is 3.60. The maximum atomic E-state index is 5.81. The molecule has 2 rings (SSSR count). The highest BCUT2D eigenvalue weighted by Gasteiger charge is 2.57. The molecule has 15 heavy (non-hydrogen) atoms. The first-order valence-electron chi connectivity index (χ1n) is 5.44. The van der Waals surface area contributed by atoms with Gasteiger partial charge in [0.25, 0.3) is 0 Å². The lowest BCUT2D eigenvalue weighted by atomic mass is 9.99. The second-order valence-corrected chi connectivity index (χ2v) is 6.06. The van der Waals surface area contributed by atoms with Crippen molar-refractivity contribution in [2.24, 2.45) is 17.1 Å². The summed E-state index contributed by atoms with van der Waals surface area (Å²) < 4.78 is 1.16. The molecule has 2 heteroatoms. The molecule has 1 nitrogen and oxygen atoms in total. The Kier molecular flexibility index (Phi) is 2.68. The van der Waals surface area contributed by atoms with E-state index in [9.17, 15) is 0 Å². The van der Waals surface area contributed by atoms with Gasteiger partial charge in [0, 0.05) is 4.47 Å². The molecule has 1 aliphatic carbocycles. The van der Waals surface area contributed by atoms with Crippen molar-refractivity contribution in [3.05, 3.63) is 33.8 Å². The molecular formula is C13H18BrN. The molecule has 0 spiro atoms. The highest BCUT2D eigenvalue weighted by molar-refractivity contribution is 9.10. The van der Waals surface area contributed by atoms with Crippen molar-refractivity contribution in [1.82, 2.24) is 0 Å². The Morgan fingerprint density at radius 1 is 1.40 bits per heavy atom. The van der Waals surface area contributed by atoms with E-state index in [1.54, 1.807) is 0 Å². The molecule has 0 radical (unpaired) electrons. The predicted octanol–water partition coefficient (Wildman–Crippen LogP) is 3.46. The van der Waals surface area contributed by atoms with Gasteiger partial charge in [0.1, 0.15) is 0 Å². The van der Waals surface area contributed by atoms with E-state index in [0.717, 1.165) is 11.0 Å². The molecule has 1 aromatic rings. The van der Waals surface area contributed by atoms with E-state index in [1.165, 1.54) is 11.1 Å². The molecule has 2 N–H and O–H groups in total. The van der Waals surface area contributed by atoms with E-state index < -0.39 is 0 Å². The van der Waals surface area contributed by atoms with Crippen LogP contribution in [0.25, 0.3) is 0 Å². The van der Waals surface area contributed by atoms with Gasteiger partial charge in [-0.05, 0) is 54.0 Å². The van der Waals surface area contributed by atoms with Crippen LogP contribution in [0.3, 0.4) is 0 Å². The zero-order valence-electron chi connectivity index (χ0n) is 9.55. The van der Waals surface area contributed by atoms with Crippen molar-refractivity contribution in [3.8, 4) is 0 Å². The zero-order chi connectivity index (χ0) is 11.2. The quantitative estimate of drug-likeness (QED) is 0.873. The van der Waals surface area contributed by atoms with Crippen LogP contribution in [-0.2, 0) is 0 Å². The summed E-state index contributed by atoms with van der Waals surface area (Å²) in [4.78, 5) is 0. The first-order chi connectivity index (χ1) is 6.98. The van der Waals surface area contributed by atoms with Gasteiger partial charge in [-0.25, -0.2) is 0 Å². The summed E-state index contributed by atoms with van der Waals surface area (Å²) in [6.07, 6.45) is 0. The monoisotopic (exact) mass is 267 g/mol. The van der Waals surface area contributed by atoms with E-state index >= 15 is 0 Å². The lowest BCUT2D eigenvalue weighted by Crippen LogP contribution is -2.05. The fourth-order valence-electron chi connectivity index (χ4n) is 2.79. The molecule has 1 fully saturated rings. The maximum absolute atomic E-state index is 5.81. The lowest BCUT2D eigenvalue weighted by Gasteiger charge is -2.07. The summed E-state index contributed by atoms with van der Waals surface area (Å²) in [5.74, 6) is 1.30. The summed E-state index contributed by atoms with van der Waals surface area (Å²) in [5.41, 5.74) is 9.03. The smallest absolute Gasteiger partial charge is 0.0178 e. The number of hydrogen-bond donors (Lipinski definition) is 1. The molecule has 0 aromatic heterocycles. The van der Waals surface area contributed by atoms with Crippen LogP contribution in [0.15, 0.2) is 22.7 Å². The van der Waals surface area contributed by atoms with Crippen molar-refractivity contribution in [2.45, 2.75) is 26.7 Å². The fourth-order valence-corrected chi connectivity index (χ4v) is 3.27. The van der Waals surface area contributed by atoms with E-state index in [-0.39, 0.29) is 0 Å². The molecule has 0 heterocycles. The first-order valence-corrected chi connectivity index (χ1v) is 6.24. The van der Waals surface area contributed by atoms with Crippen LogP contribution >= 0.6 is 15.9 Å². The first kappa shape index (κ1) is 11.2. The number of nitrogens with two attached hydrogens (primary N) is 1. The summed E-state index contributed by atoms with van der Waals surface area (Å²) in [6.45, 7) is 7.61. The van der Waals surface area contributed by atoms with Gasteiger partial charge < -0.3 is 5.73 Å². The van der Waals surface area contributed by atoms with E-state index in [2.05, 4.69) is 54.9 Å². The zero-order valence-corrected chi connectivity index (χ0v) is 11.1. The topological polar surface area (TPSA) is 26.0 Å². The maximum Gasteiger partial charge on any atom is 0.0178 e. The summed E-state index contributed by atoms with van der Waals surface area (Å²) in [5, 5.41) is 0. The van der Waals surface area contributed by atoms with E-state index in [1.807, 2.05) is 0 Å². The van der Waals surface area contributed by atoms with Gasteiger partial charge in [-0.2, -0.15) is 0 Å². The molecule has 2 atom stereocenters. The van der Waals surface area contributed by atoms with Crippen molar-refractivity contribution in [1.29, 1.82) is 0 Å². The normalized spacial score (nSPS) is 27.8. The SMILES string of the molecule is Cc1cc(Br)ccc1C1C(CN)C1(C)C. The van der Waals surface area contributed by atoms with Crippen molar-refractivity contribution in [2.75, 3.05) is 6.54 Å². The Balaban J connectivity index is 2.33. The number of benzene rings is 1. The Morgan fingerprint density at radius 3 is 2.53 bits per heavy atom. The van der Waals surface area contributed by atoms with Crippen LogP contribution in [-0.4, -0.2) is 6.54 Å². The van der Waals surface area contributed by atoms with E-state index in [0.29, 0.717) is 17.3 Å². The Labute approximate surface area is 100 Å². The minimum atomic E-state index is 0.382. The molecule has 0 saturated heterocycles. The van der Waals surface area contributed by atoms with E-state index in [4.69, 9.17) is 5.73 Å². The van der Waals surface area contributed by atoms with Crippen LogP contribution in [0, 0.1) is 18.3 Å². The number of halogens is 1.